The lowest BCUT2D eigenvalue weighted by Gasteiger charge is -2.36. The lowest BCUT2D eigenvalue weighted by Crippen LogP contribution is -2.47. The number of nitrogens with two attached hydrogens (primary N) is 1. The van der Waals surface area contributed by atoms with Crippen LogP contribution in [-0.4, -0.2) is 57.2 Å². The third kappa shape index (κ3) is 7.04. The van der Waals surface area contributed by atoms with Crippen LogP contribution in [0.15, 0.2) is 53.5 Å². The summed E-state index contributed by atoms with van der Waals surface area (Å²) in [5.74, 6) is 1.07. The zero-order valence-electron chi connectivity index (χ0n) is 16.7. The standard InChI is InChI=1S/C21H28FN5O.HI/c1-28-18-9-7-17(8-10-18)25-21(23)24-11-4-12-26-13-15-27(16-14-26)20-6-3-2-5-19(20)22;/h2-3,5-10H,4,11-16H2,1H3,(H3,23,24,25);1H. The Balaban J connectivity index is 0.00000300. The number of piperazine rings is 1. The van der Waals surface area contributed by atoms with Gasteiger partial charge in [0.15, 0.2) is 5.96 Å². The number of benzene rings is 2. The lowest BCUT2D eigenvalue weighted by atomic mass is 10.2. The van der Waals surface area contributed by atoms with Gasteiger partial charge in [0.05, 0.1) is 12.8 Å². The average Bonchev–Trinajstić information content (AvgIpc) is 2.73. The van der Waals surface area contributed by atoms with Crippen LogP contribution in [0.2, 0.25) is 0 Å². The van der Waals surface area contributed by atoms with Crippen molar-refractivity contribution in [2.45, 2.75) is 6.42 Å². The first kappa shape index (κ1) is 23.2. The molecule has 1 aliphatic heterocycles. The first-order chi connectivity index (χ1) is 13.7. The summed E-state index contributed by atoms with van der Waals surface area (Å²) in [6, 6.07) is 14.5. The van der Waals surface area contributed by atoms with E-state index in [1.165, 1.54) is 6.07 Å². The number of anilines is 2. The van der Waals surface area contributed by atoms with Crippen molar-refractivity contribution in [2.75, 3.05) is 56.6 Å². The molecule has 0 amide bonds. The number of halogens is 2. The van der Waals surface area contributed by atoms with Crippen LogP contribution in [0.5, 0.6) is 5.75 Å². The largest absolute Gasteiger partial charge is 0.497 e. The number of hydrogen-bond donors (Lipinski definition) is 2. The molecule has 0 saturated carbocycles. The average molecular weight is 513 g/mol. The third-order valence-electron chi connectivity index (χ3n) is 4.84. The Bertz CT molecular complexity index is 779. The number of guanidine groups is 1. The fourth-order valence-electron chi connectivity index (χ4n) is 3.28. The van der Waals surface area contributed by atoms with Crippen LogP contribution in [0.3, 0.4) is 0 Å². The smallest absolute Gasteiger partial charge is 0.193 e. The Morgan fingerprint density at radius 1 is 1.10 bits per heavy atom. The highest BCUT2D eigenvalue weighted by Gasteiger charge is 2.18. The first-order valence-electron chi connectivity index (χ1n) is 9.58. The van der Waals surface area contributed by atoms with Gasteiger partial charge >= 0.3 is 0 Å². The Kier molecular flexibility index (Phi) is 9.46. The molecule has 29 heavy (non-hydrogen) atoms. The van der Waals surface area contributed by atoms with Gasteiger partial charge in [-0.15, -0.1) is 24.0 Å². The van der Waals surface area contributed by atoms with Crippen LogP contribution in [0.4, 0.5) is 15.8 Å². The van der Waals surface area contributed by atoms with Crippen molar-refractivity contribution in [3.8, 4) is 5.75 Å². The van der Waals surface area contributed by atoms with Gasteiger partial charge in [0.2, 0.25) is 0 Å². The molecule has 0 radical (unpaired) electrons. The van der Waals surface area contributed by atoms with E-state index in [0.29, 0.717) is 18.2 Å². The Labute approximate surface area is 188 Å². The van der Waals surface area contributed by atoms with Crippen LogP contribution in [-0.2, 0) is 0 Å². The first-order valence-corrected chi connectivity index (χ1v) is 9.58. The minimum Gasteiger partial charge on any atom is -0.497 e. The molecule has 0 atom stereocenters. The highest BCUT2D eigenvalue weighted by atomic mass is 127. The van der Waals surface area contributed by atoms with Crippen molar-refractivity contribution in [1.82, 2.24) is 4.90 Å². The summed E-state index contributed by atoms with van der Waals surface area (Å²) in [7, 11) is 1.64. The van der Waals surface area contributed by atoms with Crippen LogP contribution in [0.1, 0.15) is 6.42 Å². The van der Waals surface area contributed by atoms with Crippen LogP contribution < -0.4 is 20.7 Å². The minimum atomic E-state index is -0.148. The summed E-state index contributed by atoms with van der Waals surface area (Å²) in [5.41, 5.74) is 7.52. The molecule has 0 aliphatic carbocycles. The molecule has 3 N–H and O–H groups in total. The number of aliphatic imine (C=N–C) groups is 1. The van der Waals surface area contributed by atoms with Gasteiger partial charge in [0.25, 0.3) is 0 Å². The van der Waals surface area contributed by atoms with Crippen LogP contribution >= 0.6 is 24.0 Å². The predicted molar refractivity (Wildman–Crippen MR) is 128 cm³/mol. The van der Waals surface area contributed by atoms with Crippen molar-refractivity contribution in [3.63, 3.8) is 0 Å². The number of nitrogens with one attached hydrogen (secondary N) is 1. The van der Waals surface area contributed by atoms with E-state index in [2.05, 4.69) is 20.1 Å². The van der Waals surface area contributed by atoms with E-state index in [-0.39, 0.29) is 29.8 Å². The van der Waals surface area contributed by atoms with E-state index in [1.54, 1.807) is 13.2 Å². The second-order valence-electron chi connectivity index (χ2n) is 6.75. The van der Waals surface area contributed by atoms with Gasteiger partial charge in [-0.3, -0.25) is 9.89 Å². The van der Waals surface area contributed by atoms with Crippen molar-refractivity contribution in [2.24, 2.45) is 10.7 Å². The fraction of sp³-hybridized carbons (Fsp3) is 0.381. The molecule has 0 bridgehead atoms. The summed E-state index contributed by atoms with van der Waals surface area (Å²) < 4.78 is 19.0. The van der Waals surface area contributed by atoms with Gasteiger partial charge in [0.1, 0.15) is 11.6 Å². The zero-order valence-corrected chi connectivity index (χ0v) is 19.0. The summed E-state index contributed by atoms with van der Waals surface area (Å²) in [4.78, 5) is 8.89. The van der Waals surface area contributed by atoms with Crippen LogP contribution in [0.25, 0.3) is 0 Å². The maximum absolute atomic E-state index is 13.9. The normalized spacial score (nSPS) is 15.0. The van der Waals surface area contributed by atoms with Gasteiger partial charge in [0, 0.05) is 45.0 Å². The van der Waals surface area contributed by atoms with E-state index in [9.17, 15) is 4.39 Å². The molecule has 158 valence electrons. The number of hydrogen-bond acceptors (Lipinski definition) is 4. The van der Waals surface area contributed by atoms with E-state index in [4.69, 9.17) is 10.5 Å². The van der Waals surface area contributed by atoms with E-state index >= 15 is 0 Å². The number of nitrogens with zero attached hydrogens (tertiary/aromatic N) is 3. The molecule has 3 rings (SSSR count). The minimum absolute atomic E-state index is 0. The molecule has 2 aromatic rings. The Morgan fingerprint density at radius 2 is 1.79 bits per heavy atom. The van der Waals surface area contributed by atoms with Crippen LogP contribution in [0, 0.1) is 5.82 Å². The maximum atomic E-state index is 13.9. The molecule has 1 aliphatic rings. The molecule has 6 nitrogen and oxygen atoms in total. The molecule has 0 aromatic heterocycles. The fourth-order valence-corrected chi connectivity index (χ4v) is 3.28. The van der Waals surface area contributed by atoms with Crippen molar-refractivity contribution in [3.05, 3.63) is 54.3 Å². The van der Waals surface area contributed by atoms with E-state index in [0.717, 1.165) is 50.6 Å². The topological polar surface area (TPSA) is 66.1 Å². The lowest BCUT2D eigenvalue weighted by molar-refractivity contribution is 0.256. The van der Waals surface area contributed by atoms with Crippen molar-refractivity contribution >= 4 is 41.3 Å². The summed E-state index contributed by atoms with van der Waals surface area (Å²) >= 11 is 0. The number of rotatable bonds is 7. The van der Waals surface area contributed by atoms with Gasteiger partial charge in [-0.1, -0.05) is 12.1 Å². The molecule has 2 aromatic carbocycles. The molecule has 1 saturated heterocycles. The molecule has 1 fully saturated rings. The monoisotopic (exact) mass is 513 g/mol. The molecule has 0 unspecified atom stereocenters. The highest BCUT2D eigenvalue weighted by molar-refractivity contribution is 14.0. The SMILES string of the molecule is COc1ccc(NC(N)=NCCCN2CCN(c3ccccc3F)CC2)cc1.I. The zero-order chi connectivity index (χ0) is 19.8. The maximum Gasteiger partial charge on any atom is 0.193 e. The second-order valence-corrected chi connectivity index (χ2v) is 6.75. The number of methoxy groups -OCH3 is 1. The van der Waals surface area contributed by atoms with Crippen molar-refractivity contribution in [1.29, 1.82) is 0 Å². The van der Waals surface area contributed by atoms with Gasteiger partial charge < -0.3 is 20.7 Å². The highest BCUT2D eigenvalue weighted by Crippen LogP contribution is 2.20. The molecule has 1 heterocycles. The quantitative estimate of drug-likeness (QED) is 0.257. The third-order valence-corrected chi connectivity index (χ3v) is 4.84. The number of ether oxygens (including phenoxy) is 1. The second kappa shape index (κ2) is 11.8. The van der Waals surface area contributed by atoms with Gasteiger partial charge in [-0.2, -0.15) is 0 Å². The van der Waals surface area contributed by atoms with E-state index < -0.39 is 0 Å². The Morgan fingerprint density at radius 3 is 2.45 bits per heavy atom. The molecule has 0 spiro atoms. The van der Waals surface area contributed by atoms with Gasteiger partial charge in [-0.25, -0.2) is 4.39 Å². The molecule has 8 heteroatoms. The van der Waals surface area contributed by atoms with E-state index in [1.807, 2.05) is 36.4 Å². The molecular formula is C21H29FIN5O. The van der Waals surface area contributed by atoms with Gasteiger partial charge in [-0.05, 0) is 42.8 Å². The number of para-hydroxylation sites is 1. The summed E-state index contributed by atoms with van der Waals surface area (Å²) in [5, 5.41) is 3.08. The summed E-state index contributed by atoms with van der Waals surface area (Å²) in [6.07, 6.45) is 0.935. The van der Waals surface area contributed by atoms with Crippen molar-refractivity contribution < 1.29 is 9.13 Å². The molecular weight excluding hydrogens is 484 g/mol. The Hall–Kier alpha value is -2.07. The predicted octanol–water partition coefficient (Wildman–Crippen LogP) is 3.39. The summed E-state index contributed by atoms with van der Waals surface area (Å²) in [6.45, 7) is 5.17.